The molecule has 0 fully saturated rings. The van der Waals surface area contributed by atoms with Gasteiger partial charge in [0.05, 0.1) is 5.69 Å². The van der Waals surface area contributed by atoms with E-state index in [1.807, 2.05) is 24.3 Å². The zero-order valence-corrected chi connectivity index (χ0v) is 8.77. The highest BCUT2D eigenvalue weighted by molar-refractivity contribution is 9.10. The first-order valence-electron chi connectivity index (χ1n) is 4.01. The third kappa shape index (κ3) is 2.26. The molecule has 0 unspecified atom stereocenters. The molecule has 1 aromatic heterocycles. The minimum Gasteiger partial charge on any atom is -0.328 e. The van der Waals surface area contributed by atoms with Crippen molar-refractivity contribution in [3.8, 4) is 0 Å². The smallest absolute Gasteiger partial charge is 0.246 e. The van der Waals surface area contributed by atoms with Gasteiger partial charge in [-0.2, -0.15) is 0 Å². The molecule has 0 atom stereocenters. The molecule has 5 heteroatoms. The van der Waals surface area contributed by atoms with Crippen LogP contribution in [-0.2, 0) is 0 Å². The number of H-pyrrole nitrogens is 1. The van der Waals surface area contributed by atoms with Crippen molar-refractivity contribution in [3.05, 3.63) is 41.1 Å². The number of hydrogen-bond acceptors (Lipinski definition) is 3. The Hall–Kier alpha value is -1.49. The summed E-state index contributed by atoms with van der Waals surface area (Å²) in [6.45, 7) is 0. The standard InChI is InChI=1S/C9H7BrN4/c10-7-1-3-8(4-2-7)13-14-9-11-5-6-12-9/h1-6H,(H,11,12). The molecule has 2 aromatic rings. The lowest BCUT2D eigenvalue weighted by atomic mass is 10.3. The summed E-state index contributed by atoms with van der Waals surface area (Å²) in [6.07, 6.45) is 3.34. The molecule has 0 saturated carbocycles. The second-order valence-electron chi connectivity index (χ2n) is 2.59. The minimum absolute atomic E-state index is 0.507. The molecule has 1 heterocycles. The Morgan fingerprint density at radius 3 is 2.57 bits per heavy atom. The summed E-state index contributed by atoms with van der Waals surface area (Å²) in [4.78, 5) is 6.76. The summed E-state index contributed by atoms with van der Waals surface area (Å²) in [6, 6.07) is 7.57. The highest BCUT2D eigenvalue weighted by Crippen LogP contribution is 2.18. The van der Waals surface area contributed by atoms with Crippen molar-refractivity contribution in [2.45, 2.75) is 0 Å². The second-order valence-corrected chi connectivity index (χ2v) is 3.50. The van der Waals surface area contributed by atoms with Crippen molar-refractivity contribution in [2.24, 2.45) is 10.2 Å². The highest BCUT2D eigenvalue weighted by Gasteiger charge is 1.91. The first-order valence-corrected chi connectivity index (χ1v) is 4.80. The van der Waals surface area contributed by atoms with Gasteiger partial charge in [0.2, 0.25) is 5.95 Å². The lowest BCUT2D eigenvalue weighted by Gasteiger charge is -1.90. The highest BCUT2D eigenvalue weighted by atomic mass is 79.9. The van der Waals surface area contributed by atoms with Crippen molar-refractivity contribution < 1.29 is 0 Å². The Morgan fingerprint density at radius 1 is 1.14 bits per heavy atom. The number of imidazole rings is 1. The largest absolute Gasteiger partial charge is 0.328 e. The van der Waals surface area contributed by atoms with Gasteiger partial charge in [-0.1, -0.05) is 15.9 Å². The van der Waals surface area contributed by atoms with Gasteiger partial charge in [0.25, 0.3) is 0 Å². The maximum atomic E-state index is 4.00. The number of benzene rings is 1. The molecule has 1 aromatic carbocycles. The Morgan fingerprint density at radius 2 is 1.93 bits per heavy atom. The number of rotatable bonds is 2. The zero-order valence-electron chi connectivity index (χ0n) is 7.18. The molecule has 4 nitrogen and oxygen atoms in total. The maximum absolute atomic E-state index is 4.00. The molecule has 0 aliphatic rings. The van der Waals surface area contributed by atoms with Crippen LogP contribution in [0.5, 0.6) is 0 Å². The van der Waals surface area contributed by atoms with Crippen LogP contribution in [0, 0.1) is 0 Å². The minimum atomic E-state index is 0.507. The molecule has 1 N–H and O–H groups in total. The van der Waals surface area contributed by atoms with E-state index in [0.717, 1.165) is 10.2 Å². The monoisotopic (exact) mass is 250 g/mol. The van der Waals surface area contributed by atoms with E-state index < -0.39 is 0 Å². The van der Waals surface area contributed by atoms with Crippen molar-refractivity contribution >= 4 is 27.6 Å². The van der Waals surface area contributed by atoms with E-state index in [1.165, 1.54) is 0 Å². The molecule has 0 bridgehead atoms. The molecule has 0 amide bonds. The number of aromatic nitrogens is 2. The fraction of sp³-hybridized carbons (Fsp3) is 0. The van der Waals surface area contributed by atoms with Gasteiger partial charge in [0, 0.05) is 16.9 Å². The molecule has 14 heavy (non-hydrogen) atoms. The predicted octanol–water partition coefficient (Wildman–Crippen LogP) is 3.59. The number of nitrogens with zero attached hydrogens (tertiary/aromatic N) is 3. The Labute approximate surface area is 89.2 Å². The first-order chi connectivity index (χ1) is 6.84. The molecular weight excluding hydrogens is 244 g/mol. The molecule has 70 valence electrons. The summed E-state index contributed by atoms with van der Waals surface area (Å²) < 4.78 is 1.02. The maximum Gasteiger partial charge on any atom is 0.246 e. The third-order valence-electron chi connectivity index (χ3n) is 1.57. The quantitative estimate of drug-likeness (QED) is 0.814. The van der Waals surface area contributed by atoms with Crippen LogP contribution in [0.1, 0.15) is 0 Å². The van der Waals surface area contributed by atoms with E-state index in [1.54, 1.807) is 12.4 Å². The Kier molecular flexibility index (Phi) is 2.69. The number of nitrogens with one attached hydrogen (secondary N) is 1. The van der Waals surface area contributed by atoms with E-state index in [0.29, 0.717) is 5.95 Å². The van der Waals surface area contributed by atoms with Crippen LogP contribution < -0.4 is 0 Å². The molecule has 0 spiro atoms. The molecule has 2 rings (SSSR count). The summed E-state index contributed by atoms with van der Waals surface area (Å²) >= 11 is 3.34. The van der Waals surface area contributed by atoms with Gasteiger partial charge in [0.15, 0.2) is 0 Å². The summed E-state index contributed by atoms with van der Waals surface area (Å²) in [5, 5.41) is 7.91. The molecule has 0 saturated heterocycles. The van der Waals surface area contributed by atoms with Crippen molar-refractivity contribution in [3.63, 3.8) is 0 Å². The summed E-state index contributed by atoms with van der Waals surface area (Å²) in [7, 11) is 0. The first kappa shape index (κ1) is 9.08. The van der Waals surface area contributed by atoms with E-state index in [-0.39, 0.29) is 0 Å². The zero-order chi connectivity index (χ0) is 9.80. The van der Waals surface area contributed by atoms with Crippen LogP contribution in [0.2, 0.25) is 0 Å². The average molecular weight is 251 g/mol. The van der Waals surface area contributed by atoms with Crippen LogP contribution in [0.4, 0.5) is 11.6 Å². The number of hydrogen-bond donors (Lipinski definition) is 1. The average Bonchev–Trinajstić information content (AvgIpc) is 2.70. The third-order valence-corrected chi connectivity index (χ3v) is 2.10. The SMILES string of the molecule is Brc1ccc(N=Nc2ncc[nH]2)cc1. The van der Waals surface area contributed by atoms with E-state index in [2.05, 4.69) is 36.1 Å². The van der Waals surface area contributed by atoms with E-state index in [9.17, 15) is 0 Å². The van der Waals surface area contributed by atoms with Crippen molar-refractivity contribution in [2.75, 3.05) is 0 Å². The number of halogens is 1. The Bertz CT molecular complexity index is 419. The second kappa shape index (κ2) is 4.15. The van der Waals surface area contributed by atoms with Gasteiger partial charge in [-0.3, -0.25) is 0 Å². The Balaban J connectivity index is 2.15. The van der Waals surface area contributed by atoms with Gasteiger partial charge in [0.1, 0.15) is 0 Å². The van der Waals surface area contributed by atoms with Crippen molar-refractivity contribution in [1.29, 1.82) is 0 Å². The predicted molar refractivity (Wildman–Crippen MR) is 56.9 cm³/mol. The van der Waals surface area contributed by atoms with Gasteiger partial charge < -0.3 is 4.98 Å². The molecular formula is C9H7BrN4. The molecule has 0 aliphatic heterocycles. The van der Waals surface area contributed by atoms with Gasteiger partial charge in [-0.15, -0.1) is 10.2 Å². The molecule has 0 radical (unpaired) electrons. The number of aromatic amines is 1. The fourth-order valence-electron chi connectivity index (χ4n) is 0.924. The van der Waals surface area contributed by atoms with Crippen LogP contribution >= 0.6 is 15.9 Å². The number of azo groups is 1. The summed E-state index contributed by atoms with van der Waals surface area (Å²) in [5.41, 5.74) is 0.796. The van der Waals surface area contributed by atoms with Crippen molar-refractivity contribution in [1.82, 2.24) is 9.97 Å². The summed E-state index contributed by atoms with van der Waals surface area (Å²) in [5.74, 6) is 0.507. The van der Waals surface area contributed by atoms with E-state index >= 15 is 0 Å². The lowest BCUT2D eigenvalue weighted by molar-refractivity contribution is 1.12. The van der Waals surface area contributed by atoms with Crippen LogP contribution in [-0.4, -0.2) is 9.97 Å². The van der Waals surface area contributed by atoms with Gasteiger partial charge in [-0.05, 0) is 24.3 Å². The van der Waals surface area contributed by atoms with Gasteiger partial charge in [-0.25, -0.2) is 4.98 Å². The van der Waals surface area contributed by atoms with Crippen LogP contribution in [0.3, 0.4) is 0 Å². The fourth-order valence-corrected chi connectivity index (χ4v) is 1.19. The van der Waals surface area contributed by atoms with Gasteiger partial charge >= 0.3 is 0 Å². The van der Waals surface area contributed by atoms with E-state index in [4.69, 9.17) is 0 Å². The lowest BCUT2D eigenvalue weighted by Crippen LogP contribution is -1.66. The molecule has 0 aliphatic carbocycles. The van der Waals surface area contributed by atoms with Crippen LogP contribution in [0.15, 0.2) is 51.4 Å². The topological polar surface area (TPSA) is 53.4 Å². The van der Waals surface area contributed by atoms with Crippen LogP contribution in [0.25, 0.3) is 0 Å². The normalized spacial score (nSPS) is 10.9.